The Balaban J connectivity index is 1.84. The Kier molecular flexibility index (Phi) is 6.40. The molecule has 3 aromatic rings. The van der Waals surface area contributed by atoms with Crippen LogP contribution in [0.5, 0.6) is 0 Å². The Hall–Kier alpha value is -4.38. The summed E-state index contributed by atoms with van der Waals surface area (Å²) in [5, 5.41) is 26.0. The number of rotatable bonds is 6. The molecule has 0 saturated heterocycles. The summed E-state index contributed by atoms with van der Waals surface area (Å²) in [5.41, 5.74) is -0.444. The summed E-state index contributed by atoms with van der Waals surface area (Å²) in [4.78, 5) is 45.2. The summed E-state index contributed by atoms with van der Waals surface area (Å²) >= 11 is 5.79. The molecular weight excluding hydrogens is 447 g/mol. The zero-order valence-electron chi connectivity index (χ0n) is 15.9. The van der Waals surface area contributed by atoms with Crippen molar-refractivity contribution in [3.8, 4) is 0 Å². The van der Waals surface area contributed by atoms with Crippen molar-refractivity contribution in [2.24, 2.45) is 0 Å². The predicted molar refractivity (Wildman–Crippen MR) is 114 cm³/mol. The van der Waals surface area contributed by atoms with Crippen molar-refractivity contribution < 1.29 is 23.8 Å². The molecule has 3 rings (SSSR count). The predicted octanol–water partition coefficient (Wildman–Crippen LogP) is 4.80. The van der Waals surface area contributed by atoms with Gasteiger partial charge in [0, 0.05) is 41.5 Å². The molecule has 0 atom stereocenters. The van der Waals surface area contributed by atoms with Crippen LogP contribution in [0.15, 0.2) is 60.7 Å². The molecule has 32 heavy (non-hydrogen) atoms. The van der Waals surface area contributed by atoms with Gasteiger partial charge in [-0.2, -0.15) is 0 Å². The molecule has 0 aliphatic carbocycles. The lowest BCUT2D eigenvalue weighted by Crippen LogP contribution is -2.17. The van der Waals surface area contributed by atoms with E-state index >= 15 is 0 Å². The molecule has 2 N–H and O–H groups in total. The Bertz CT molecular complexity index is 1140. The third kappa shape index (κ3) is 5.02. The van der Waals surface area contributed by atoms with Gasteiger partial charge < -0.3 is 10.6 Å². The zero-order chi connectivity index (χ0) is 23.4. The van der Waals surface area contributed by atoms with Crippen LogP contribution in [-0.2, 0) is 0 Å². The minimum atomic E-state index is -0.862. The van der Waals surface area contributed by atoms with Gasteiger partial charge in [-0.05, 0) is 30.3 Å². The summed E-state index contributed by atoms with van der Waals surface area (Å²) in [5.74, 6) is -2.26. The highest BCUT2D eigenvalue weighted by Crippen LogP contribution is 2.30. The Morgan fingerprint density at radius 1 is 0.750 bits per heavy atom. The summed E-state index contributed by atoms with van der Waals surface area (Å²) in [6.45, 7) is 0. The van der Waals surface area contributed by atoms with Gasteiger partial charge in [-0.1, -0.05) is 11.6 Å². The Labute approximate surface area is 183 Å². The number of nitrogens with zero attached hydrogens (tertiary/aromatic N) is 2. The molecule has 0 aromatic heterocycles. The van der Waals surface area contributed by atoms with Gasteiger partial charge in [0.25, 0.3) is 23.2 Å². The monoisotopic (exact) mass is 458 g/mol. The maximum Gasteiger partial charge on any atom is 0.269 e. The second-order valence-electron chi connectivity index (χ2n) is 6.33. The number of carbonyl (C=O) groups is 2. The lowest BCUT2D eigenvalue weighted by molar-refractivity contribution is -0.385. The highest BCUT2D eigenvalue weighted by atomic mass is 35.5. The van der Waals surface area contributed by atoms with E-state index in [1.165, 1.54) is 24.3 Å². The molecule has 0 aliphatic heterocycles. The molecule has 0 fully saturated rings. The van der Waals surface area contributed by atoms with Gasteiger partial charge in [0.05, 0.1) is 26.2 Å². The van der Waals surface area contributed by atoms with Crippen LogP contribution in [0.1, 0.15) is 20.7 Å². The number of nitro groups is 2. The third-order valence-electron chi connectivity index (χ3n) is 4.24. The fourth-order valence-electron chi connectivity index (χ4n) is 2.61. The molecule has 2 amide bonds. The molecule has 0 spiro atoms. The van der Waals surface area contributed by atoms with Crippen molar-refractivity contribution >= 4 is 46.2 Å². The van der Waals surface area contributed by atoms with Crippen LogP contribution in [0.3, 0.4) is 0 Å². The number of hydrogen-bond donors (Lipinski definition) is 2. The topological polar surface area (TPSA) is 144 Å². The molecule has 0 heterocycles. The zero-order valence-corrected chi connectivity index (χ0v) is 16.6. The second kappa shape index (κ2) is 9.18. The molecule has 162 valence electrons. The molecule has 0 bridgehead atoms. The molecule has 0 radical (unpaired) electrons. The number of benzene rings is 3. The van der Waals surface area contributed by atoms with Crippen LogP contribution in [-0.4, -0.2) is 21.7 Å². The maximum atomic E-state index is 14.0. The van der Waals surface area contributed by atoms with E-state index in [0.29, 0.717) is 0 Å². The minimum absolute atomic E-state index is 0.0324. The first-order valence-corrected chi connectivity index (χ1v) is 9.14. The van der Waals surface area contributed by atoms with Gasteiger partial charge in [-0.3, -0.25) is 29.8 Å². The van der Waals surface area contributed by atoms with E-state index in [9.17, 15) is 34.2 Å². The third-order valence-corrected chi connectivity index (χ3v) is 4.53. The molecule has 0 saturated carbocycles. The van der Waals surface area contributed by atoms with Crippen LogP contribution >= 0.6 is 11.6 Å². The molecule has 0 unspecified atom stereocenters. The van der Waals surface area contributed by atoms with Crippen LogP contribution in [0.4, 0.5) is 27.1 Å². The van der Waals surface area contributed by atoms with Crippen molar-refractivity contribution in [2.45, 2.75) is 0 Å². The van der Waals surface area contributed by atoms with E-state index in [0.717, 1.165) is 36.4 Å². The molecular formula is C20H12ClFN4O6. The number of halogens is 2. The second-order valence-corrected chi connectivity index (χ2v) is 6.74. The van der Waals surface area contributed by atoms with Crippen LogP contribution in [0, 0.1) is 26.0 Å². The first-order valence-electron chi connectivity index (χ1n) is 8.76. The maximum absolute atomic E-state index is 14.0. The first-order chi connectivity index (χ1) is 15.2. The van der Waals surface area contributed by atoms with E-state index in [1.807, 2.05) is 0 Å². The van der Waals surface area contributed by atoms with E-state index < -0.39 is 27.5 Å². The van der Waals surface area contributed by atoms with Crippen molar-refractivity contribution in [1.82, 2.24) is 0 Å². The summed E-state index contributed by atoms with van der Waals surface area (Å²) < 4.78 is 14.0. The number of non-ortho nitro benzene ring substituents is 2. The van der Waals surface area contributed by atoms with Crippen molar-refractivity contribution in [3.05, 3.63) is 103 Å². The minimum Gasteiger partial charge on any atom is -0.320 e. The lowest BCUT2D eigenvalue weighted by Gasteiger charge is -2.14. The molecule has 12 heteroatoms. The van der Waals surface area contributed by atoms with E-state index in [2.05, 4.69) is 10.6 Å². The average Bonchev–Trinajstić information content (AvgIpc) is 2.77. The van der Waals surface area contributed by atoms with Gasteiger partial charge in [-0.15, -0.1) is 0 Å². The highest BCUT2D eigenvalue weighted by Gasteiger charge is 2.17. The van der Waals surface area contributed by atoms with Crippen LogP contribution in [0.25, 0.3) is 0 Å². The lowest BCUT2D eigenvalue weighted by atomic mass is 10.1. The van der Waals surface area contributed by atoms with Gasteiger partial charge in [-0.25, -0.2) is 4.39 Å². The Morgan fingerprint density at radius 3 is 1.50 bits per heavy atom. The van der Waals surface area contributed by atoms with E-state index in [4.69, 9.17) is 11.6 Å². The smallest absolute Gasteiger partial charge is 0.269 e. The number of hydrogen-bond acceptors (Lipinski definition) is 6. The average molecular weight is 459 g/mol. The van der Waals surface area contributed by atoms with Crippen LogP contribution in [0.2, 0.25) is 5.02 Å². The molecule has 10 nitrogen and oxygen atoms in total. The van der Waals surface area contributed by atoms with E-state index in [-0.39, 0.29) is 38.9 Å². The number of carbonyl (C=O) groups excluding carboxylic acids is 2. The van der Waals surface area contributed by atoms with Crippen molar-refractivity contribution in [2.75, 3.05) is 10.6 Å². The quantitative estimate of drug-likeness (QED) is 0.401. The molecule has 3 aromatic carbocycles. The fraction of sp³-hybridized carbons (Fsp3) is 0. The SMILES string of the molecule is O=C(Nc1cc(F)c(Cl)cc1NC(=O)c1ccc([N+](=O)[O-])cc1)c1ccc([N+](=O)[O-])cc1. The largest absolute Gasteiger partial charge is 0.320 e. The van der Waals surface area contributed by atoms with Gasteiger partial charge in [0.1, 0.15) is 5.82 Å². The fourth-order valence-corrected chi connectivity index (χ4v) is 2.78. The number of nitro benzene ring substituents is 2. The molecule has 0 aliphatic rings. The normalized spacial score (nSPS) is 10.3. The van der Waals surface area contributed by atoms with Gasteiger partial charge >= 0.3 is 0 Å². The van der Waals surface area contributed by atoms with Gasteiger partial charge in [0.2, 0.25) is 0 Å². The van der Waals surface area contributed by atoms with Crippen molar-refractivity contribution in [3.63, 3.8) is 0 Å². The first kappa shape index (κ1) is 22.3. The Morgan fingerprint density at radius 2 is 1.12 bits per heavy atom. The summed E-state index contributed by atoms with van der Waals surface area (Å²) in [6.07, 6.45) is 0. The summed E-state index contributed by atoms with van der Waals surface area (Å²) in [7, 11) is 0. The number of anilines is 2. The number of nitrogens with one attached hydrogen (secondary N) is 2. The van der Waals surface area contributed by atoms with Crippen LogP contribution < -0.4 is 10.6 Å². The van der Waals surface area contributed by atoms with E-state index in [1.54, 1.807) is 0 Å². The van der Waals surface area contributed by atoms with Gasteiger partial charge in [0.15, 0.2) is 0 Å². The standard InChI is InChI=1S/C20H12ClFN4O6/c21-15-9-17(23-19(27)11-1-5-13(6-2-11)25(29)30)18(10-16(15)22)24-20(28)12-3-7-14(8-4-12)26(31)32/h1-10H,(H,23,27)(H,24,28). The number of amides is 2. The highest BCUT2D eigenvalue weighted by molar-refractivity contribution is 6.31. The summed E-state index contributed by atoms with van der Waals surface area (Å²) in [6, 6.07) is 11.4. The van der Waals surface area contributed by atoms with Crippen molar-refractivity contribution in [1.29, 1.82) is 0 Å².